The van der Waals surface area contributed by atoms with Gasteiger partial charge in [0.05, 0.1) is 5.02 Å². The van der Waals surface area contributed by atoms with Crippen molar-refractivity contribution in [2.45, 2.75) is 0 Å². The third kappa shape index (κ3) is 2.08. The maximum Gasteiger partial charge on any atom is 0.253 e. The minimum atomic E-state index is -0.638. The van der Waals surface area contributed by atoms with Crippen molar-refractivity contribution in [2.24, 2.45) is 0 Å². The highest BCUT2D eigenvalue weighted by Crippen LogP contribution is 2.22. The first-order chi connectivity index (χ1) is 5.52. The molecule has 5 heteroatoms. The molecule has 0 aliphatic heterocycles. The quantitative estimate of drug-likeness (QED) is 0.440. The van der Waals surface area contributed by atoms with Gasteiger partial charge in [-0.2, -0.15) is 0 Å². The lowest BCUT2D eigenvalue weighted by Crippen LogP contribution is -1.94. The van der Waals surface area contributed by atoms with Crippen molar-refractivity contribution < 1.29 is 9.18 Å². The number of benzene rings is 1. The summed E-state index contributed by atoms with van der Waals surface area (Å²) in [5.41, 5.74) is 0.226. The standard InChI is InChI=1S/C7H2Cl2FIO/c8-4-1-3(7(9)12)6(11)2-5(4)10/h1-2H. The van der Waals surface area contributed by atoms with E-state index < -0.39 is 11.1 Å². The fourth-order valence-electron chi connectivity index (χ4n) is 0.673. The van der Waals surface area contributed by atoms with E-state index in [0.717, 1.165) is 0 Å². The lowest BCUT2D eigenvalue weighted by Gasteiger charge is -1.99. The number of carbonyl (C=O) groups excluding carboxylic acids is 1. The van der Waals surface area contributed by atoms with Crippen molar-refractivity contribution in [3.05, 3.63) is 32.1 Å². The first-order valence-corrected chi connectivity index (χ1v) is 4.70. The summed E-state index contributed by atoms with van der Waals surface area (Å²) in [7, 11) is 0. The SMILES string of the molecule is O=C(Cl)c1cc(Cl)c(F)cc1I. The highest BCUT2D eigenvalue weighted by molar-refractivity contribution is 14.1. The molecular weight excluding hydrogens is 317 g/mol. The van der Waals surface area contributed by atoms with Crippen molar-refractivity contribution in [1.29, 1.82) is 0 Å². The van der Waals surface area contributed by atoms with E-state index in [0.29, 0.717) is 3.57 Å². The third-order valence-electron chi connectivity index (χ3n) is 1.22. The van der Waals surface area contributed by atoms with Gasteiger partial charge < -0.3 is 0 Å². The summed E-state index contributed by atoms with van der Waals surface area (Å²) in [6, 6.07) is 2.38. The number of hydrogen-bond donors (Lipinski definition) is 0. The molecule has 1 aromatic carbocycles. The minimum Gasteiger partial charge on any atom is -0.276 e. The minimum absolute atomic E-state index is 0.0978. The monoisotopic (exact) mass is 318 g/mol. The second kappa shape index (κ2) is 3.89. The van der Waals surface area contributed by atoms with Gasteiger partial charge in [-0.15, -0.1) is 0 Å². The molecule has 0 radical (unpaired) electrons. The van der Waals surface area contributed by atoms with E-state index in [1.807, 2.05) is 22.6 Å². The van der Waals surface area contributed by atoms with E-state index in [4.69, 9.17) is 23.2 Å². The van der Waals surface area contributed by atoms with Crippen molar-refractivity contribution in [1.82, 2.24) is 0 Å². The van der Waals surface area contributed by atoms with Crippen LogP contribution >= 0.6 is 45.8 Å². The maximum absolute atomic E-state index is 12.7. The van der Waals surface area contributed by atoms with Crippen molar-refractivity contribution in [3.8, 4) is 0 Å². The molecule has 0 atom stereocenters. The van der Waals surface area contributed by atoms with Gasteiger partial charge >= 0.3 is 0 Å². The van der Waals surface area contributed by atoms with E-state index in [9.17, 15) is 9.18 Å². The van der Waals surface area contributed by atoms with E-state index >= 15 is 0 Å². The Kier molecular flexibility index (Phi) is 3.31. The zero-order chi connectivity index (χ0) is 9.30. The highest BCUT2D eigenvalue weighted by Gasteiger charge is 2.10. The summed E-state index contributed by atoms with van der Waals surface area (Å²) >= 11 is 12.5. The van der Waals surface area contributed by atoms with E-state index in [-0.39, 0.29) is 10.6 Å². The molecule has 1 rings (SSSR count). The van der Waals surface area contributed by atoms with Crippen molar-refractivity contribution in [3.63, 3.8) is 0 Å². The third-order valence-corrected chi connectivity index (χ3v) is 2.61. The summed E-state index contributed by atoms with van der Waals surface area (Å²) in [5, 5.41) is -0.735. The number of rotatable bonds is 1. The normalized spacial score (nSPS) is 10.0. The largest absolute Gasteiger partial charge is 0.276 e. The van der Waals surface area contributed by atoms with Crippen molar-refractivity contribution >= 4 is 51.0 Å². The molecule has 0 aliphatic carbocycles. The molecule has 0 spiro atoms. The average molecular weight is 319 g/mol. The highest BCUT2D eigenvalue weighted by atomic mass is 127. The number of halogens is 4. The van der Waals surface area contributed by atoms with Gasteiger partial charge in [0.15, 0.2) is 0 Å². The molecule has 64 valence electrons. The van der Waals surface area contributed by atoms with Crippen LogP contribution in [0.15, 0.2) is 12.1 Å². The smallest absolute Gasteiger partial charge is 0.253 e. The average Bonchev–Trinajstić information content (AvgIpc) is 1.96. The molecule has 0 saturated carbocycles. The fraction of sp³-hybridized carbons (Fsp3) is 0. The number of carbonyl (C=O) groups is 1. The first kappa shape index (κ1) is 10.2. The Hall–Kier alpha value is 0.130. The van der Waals surface area contributed by atoms with Crippen LogP contribution in [-0.2, 0) is 0 Å². The van der Waals surface area contributed by atoms with Gasteiger partial charge in [-0.1, -0.05) is 11.6 Å². The van der Waals surface area contributed by atoms with Gasteiger partial charge in [-0.05, 0) is 46.3 Å². The topological polar surface area (TPSA) is 17.1 Å². The van der Waals surface area contributed by atoms with Crippen LogP contribution in [0.4, 0.5) is 4.39 Å². The van der Waals surface area contributed by atoms with Crippen LogP contribution in [0.25, 0.3) is 0 Å². The summed E-state index contributed by atoms with van der Waals surface area (Å²) in [6.45, 7) is 0. The molecule has 0 unspecified atom stereocenters. The van der Waals surface area contributed by atoms with Crippen LogP contribution < -0.4 is 0 Å². The lowest BCUT2D eigenvalue weighted by molar-refractivity contribution is 0.108. The van der Waals surface area contributed by atoms with Crippen LogP contribution in [0.2, 0.25) is 5.02 Å². The second-order valence-electron chi connectivity index (χ2n) is 2.02. The zero-order valence-corrected chi connectivity index (χ0v) is 9.24. The van der Waals surface area contributed by atoms with Gasteiger partial charge in [-0.3, -0.25) is 4.79 Å². The predicted molar refractivity (Wildman–Crippen MR) is 54.3 cm³/mol. The number of hydrogen-bond acceptors (Lipinski definition) is 1. The fourth-order valence-corrected chi connectivity index (χ4v) is 1.83. The maximum atomic E-state index is 12.7. The lowest BCUT2D eigenvalue weighted by atomic mass is 10.2. The second-order valence-corrected chi connectivity index (χ2v) is 3.93. The van der Waals surface area contributed by atoms with Crippen LogP contribution in [0.5, 0.6) is 0 Å². The van der Waals surface area contributed by atoms with Crippen LogP contribution in [0, 0.1) is 9.39 Å². The van der Waals surface area contributed by atoms with Gasteiger partial charge in [0, 0.05) is 9.13 Å². The molecule has 0 saturated heterocycles. The summed E-state index contributed by atoms with van der Waals surface area (Å²) < 4.78 is 13.2. The molecule has 0 N–H and O–H groups in total. The predicted octanol–water partition coefficient (Wildman–Crippen LogP) is 3.46. The molecule has 0 fully saturated rings. The van der Waals surface area contributed by atoms with Crippen LogP contribution in [0.3, 0.4) is 0 Å². The Morgan fingerprint density at radius 1 is 1.50 bits per heavy atom. The van der Waals surface area contributed by atoms with Crippen LogP contribution in [-0.4, -0.2) is 5.24 Å². The Balaban J connectivity index is 3.33. The first-order valence-electron chi connectivity index (χ1n) is 2.86. The molecule has 0 aliphatic rings. The van der Waals surface area contributed by atoms with E-state index in [1.54, 1.807) is 0 Å². The summed E-state index contributed by atoms with van der Waals surface area (Å²) in [6.07, 6.45) is 0. The molecule has 1 aromatic rings. The Labute approximate surface area is 92.0 Å². The Morgan fingerprint density at radius 2 is 2.08 bits per heavy atom. The van der Waals surface area contributed by atoms with Gasteiger partial charge in [0.2, 0.25) is 0 Å². The Morgan fingerprint density at radius 3 is 2.58 bits per heavy atom. The zero-order valence-electron chi connectivity index (χ0n) is 5.57. The molecule has 0 aromatic heterocycles. The summed E-state index contributed by atoms with van der Waals surface area (Å²) in [5.74, 6) is -0.553. The van der Waals surface area contributed by atoms with Gasteiger partial charge in [-0.25, -0.2) is 4.39 Å². The molecule has 1 nitrogen and oxygen atoms in total. The summed E-state index contributed by atoms with van der Waals surface area (Å²) in [4.78, 5) is 10.7. The van der Waals surface area contributed by atoms with Crippen molar-refractivity contribution in [2.75, 3.05) is 0 Å². The van der Waals surface area contributed by atoms with Crippen LogP contribution in [0.1, 0.15) is 10.4 Å². The molecule has 12 heavy (non-hydrogen) atoms. The molecule has 0 amide bonds. The van der Waals surface area contributed by atoms with E-state index in [1.165, 1.54) is 12.1 Å². The van der Waals surface area contributed by atoms with E-state index in [2.05, 4.69) is 0 Å². The van der Waals surface area contributed by atoms with Gasteiger partial charge in [0.1, 0.15) is 5.82 Å². The van der Waals surface area contributed by atoms with Gasteiger partial charge in [0.25, 0.3) is 5.24 Å². The molecule has 0 heterocycles. The Bertz CT molecular complexity index is 340. The molecule has 0 bridgehead atoms. The molecular formula is C7H2Cl2FIO.